The molecule has 0 spiro atoms. The number of carbonyl (C=O) groups is 1. The van der Waals surface area contributed by atoms with Gasteiger partial charge in [-0.15, -0.1) is 0 Å². The van der Waals surface area contributed by atoms with Crippen molar-refractivity contribution in [2.75, 3.05) is 13.7 Å². The molecule has 2 rings (SSSR count). The van der Waals surface area contributed by atoms with Gasteiger partial charge in [0, 0.05) is 0 Å². The fourth-order valence-electron chi connectivity index (χ4n) is 1.86. The third-order valence-corrected chi connectivity index (χ3v) is 2.90. The van der Waals surface area contributed by atoms with Crippen LogP contribution in [0.15, 0.2) is 46.6 Å². The van der Waals surface area contributed by atoms with Crippen LogP contribution in [0.1, 0.15) is 16.1 Å². The summed E-state index contributed by atoms with van der Waals surface area (Å²) in [7, 11) is 1.46. The van der Waals surface area contributed by atoms with Gasteiger partial charge in [-0.1, -0.05) is 6.07 Å². The van der Waals surface area contributed by atoms with Crippen LogP contribution < -0.4 is 9.47 Å². The predicted octanol–water partition coefficient (Wildman–Crippen LogP) is 2.98. The summed E-state index contributed by atoms with van der Waals surface area (Å²) >= 11 is 0. The Morgan fingerprint density at radius 3 is 2.74 bits per heavy atom. The number of allylic oxidation sites excluding steroid dienone is 1. The molecular weight excluding hydrogens is 296 g/mol. The zero-order valence-corrected chi connectivity index (χ0v) is 12.3. The van der Waals surface area contributed by atoms with Gasteiger partial charge in [0.1, 0.15) is 17.7 Å². The van der Waals surface area contributed by atoms with E-state index in [9.17, 15) is 10.1 Å². The molecule has 0 aliphatic rings. The summed E-state index contributed by atoms with van der Waals surface area (Å²) in [6.07, 6.45) is 2.80. The van der Waals surface area contributed by atoms with Gasteiger partial charge in [0.25, 0.3) is 0 Å². The molecule has 0 saturated carbocycles. The average molecular weight is 308 g/mol. The van der Waals surface area contributed by atoms with Crippen LogP contribution in [0.2, 0.25) is 0 Å². The Kier molecular flexibility index (Phi) is 5.16. The van der Waals surface area contributed by atoms with Crippen LogP contribution in [0.4, 0.5) is 0 Å². The molecule has 0 N–H and O–H groups in total. The Morgan fingerprint density at radius 1 is 1.30 bits per heavy atom. The number of ether oxygens (including phenoxy) is 2. The van der Waals surface area contributed by atoms with E-state index >= 15 is 0 Å². The molecule has 2 aromatic rings. The van der Waals surface area contributed by atoms with Gasteiger partial charge < -0.3 is 13.9 Å². The molecule has 6 heteroatoms. The number of ketones is 1. The zero-order valence-electron chi connectivity index (χ0n) is 12.3. The van der Waals surface area contributed by atoms with Gasteiger partial charge in [-0.2, -0.15) is 10.5 Å². The van der Waals surface area contributed by atoms with Gasteiger partial charge in [0.2, 0.25) is 5.78 Å². The smallest absolute Gasteiger partial charge is 0.238 e. The molecule has 0 aliphatic carbocycles. The van der Waals surface area contributed by atoms with E-state index in [0.29, 0.717) is 17.1 Å². The fourth-order valence-corrected chi connectivity index (χ4v) is 1.86. The molecule has 0 atom stereocenters. The topological polar surface area (TPSA) is 96.2 Å². The van der Waals surface area contributed by atoms with Crippen molar-refractivity contribution in [1.29, 1.82) is 10.5 Å². The number of rotatable bonds is 6. The molecule has 0 bridgehead atoms. The Hall–Kier alpha value is -3.51. The predicted molar refractivity (Wildman–Crippen MR) is 80.7 cm³/mol. The zero-order chi connectivity index (χ0) is 16.7. The molecule has 0 saturated heterocycles. The lowest BCUT2D eigenvalue weighted by molar-refractivity contribution is 0.101. The number of nitrogens with zero attached hydrogens (tertiary/aromatic N) is 2. The number of carbonyl (C=O) groups excluding carboxylic acids is 1. The van der Waals surface area contributed by atoms with E-state index in [0.717, 1.165) is 0 Å². The summed E-state index contributed by atoms with van der Waals surface area (Å²) < 4.78 is 15.4. The van der Waals surface area contributed by atoms with Crippen molar-refractivity contribution in [3.8, 4) is 23.6 Å². The molecule has 114 valence electrons. The Labute approximate surface area is 132 Å². The number of Topliss-reactive ketones (excluding diaryl/α,β-unsaturated/α-hetero) is 1. The monoisotopic (exact) mass is 308 g/mol. The molecular formula is C17H12N2O4. The fraction of sp³-hybridized carbons (Fsp3) is 0.118. The first-order valence-electron chi connectivity index (χ1n) is 6.57. The first-order chi connectivity index (χ1) is 11.2. The quantitative estimate of drug-likeness (QED) is 0.462. The van der Waals surface area contributed by atoms with Crippen LogP contribution in [0, 0.1) is 22.7 Å². The van der Waals surface area contributed by atoms with Crippen LogP contribution in [-0.4, -0.2) is 19.5 Å². The van der Waals surface area contributed by atoms with E-state index in [4.69, 9.17) is 19.2 Å². The highest BCUT2D eigenvalue weighted by molar-refractivity contribution is 6.12. The summed E-state index contributed by atoms with van der Waals surface area (Å²) in [6.45, 7) is -0.105. The van der Waals surface area contributed by atoms with Crippen molar-refractivity contribution in [3.05, 3.63) is 53.5 Å². The number of nitriles is 2. The van der Waals surface area contributed by atoms with E-state index < -0.39 is 5.78 Å². The molecule has 0 aliphatic heterocycles. The van der Waals surface area contributed by atoms with Gasteiger partial charge in [-0.05, 0) is 35.9 Å². The van der Waals surface area contributed by atoms with Gasteiger partial charge in [-0.3, -0.25) is 4.79 Å². The molecule has 1 aromatic heterocycles. The van der Waals surface area contributed by atoms with Crippen molar-refractivity contribution in [2.45, 2.75) is 0 Å². The summed E-state index contributed by atoms with van der Waals surface area (Å²) in [5.41, 5.74) is 0.523. The van der Waals surface area contributed by atoms with Crippen LogP contribution in [0.5, 0.6) is 11.5 Å². The molecule has 23 heavy (non-hydrogen) atoms. The normalized spacial score (nSPS) is 10.5. The number of methoxy groups -OCH3 is 1. The van der Waals surface area contributed by atoms with Crippen molar-refractivity contribution in [3.63, 3.8) is 0 Å². The maximum Gasteiger partial charge on any atom is 0.238 e. The molecule has 1 aromatic carbocycles. The molecule has 0 radical (unpaired) electrons. The van der Waals surface area contributed by atoms with Crippen LogP contribution in [0.25, 0.3) is 6.08 Å². The third kappa shape index (κ3) is 3.78. The van der Waals surface area contributed by atoms with Crippen LogP contribution >= 0.6 is 0 Å². The minimum atomic E-state index is -0.499. The molecule has 0 amide bonds. The van der Waals surface area contributed by atoms with E-state index in [-0.39, 0.29) is 17.9 Å². The Morgan fingerprint density at radius 2 is 2.13 bits per heavy atom. The van der Waals surface area contributed by atoms with Crippen molar-refractivity contribution in [1.82, 2.24) is 0 Å². The maximum atomic E-state index is 12.1. The molecule has 0 fully saturated rings. The number of hydrogen-bond acceptors (Lipinski definition) is 6. The van der Waals surface area contributed by atoms with Crippen LogP contribution in [0.3, 0.4) is 0 Å². The summed E-state index contributed by atoms with van der Waals surface area (Å²) in [6, 6.07) is 11.7. The standard InChI is InChI=1S/C17H12N2O4/c1-21-16-10-12(4-5-14(16)23-8-6-18)9-13(11-19)17(20)15-3-2-7-22-15/h2-5,7,9-10H,8H2,1H3/b13-9+. The highest BCUT2D eigenvalue weighted by Gasteiger charge is 2.15. The molecule has 6 nitrogen and oxygen atoms in total. The minimum Gasteiger partial charge on any atom is -0.493 e. The van der Waals surface area contributed by atoms with E-state index in [1.54, 1.807) is 24.3 Å². The lowest BCUT2D eigenvalue weighted by Crippen LogP contribution is -2.00. The van der Waals surface area contributed by atoms with Gasteiger partial charge in [0.05, 0.1) is 13.4 Å². The third-order valence-electron chi connectivity index (χ3n) is 2.90. The average Bonchev–Trinajstić information content (AvgIpc) is 3.12. The number of hydrogen-bond donors (Lipinski definition) is 0. The second-order valence-corrected chi connectivity index (χ2v) is 4.33. The Balaban J connectivity index is 2.32. The highest BCUT2D eigenvalue weighted by Crippen LogP contribution is 2.29. The lowest BCUT2D eigenvalue weighted by atomic mass is 10.1. The van der Waals surface area contributed by atoms with Gasteiger partial charge in [-0.25, -0.2) is 0 Å². The first-order valence-corrected chi connectivity index (χ1v) is 6.57. The summed E-state index contributed by atoms with van der Waals surface area (Å²) in [5, 5.41) is 17.7. The first kappa shape index (κ1) is 15.9. The number of furan rings is 1. The van der Waals surface area contributed by atoms with Crippen molar-refractivity contribution >= 4 is 11.9 Å². The van der Waals surface area contributed by atoms with E-state index in [1.165, 1.54) is 25.5 Å². The highest BCUT2D eigenvalue weighted by atomic mass is 16.5. The minimum absolute atomic E-state index is 0.0623. The lowest BCUT2D eigenvalue weighted by Gasteiger charge is -2.09. The summed E-state index contributed by atoms with van der Waals surface area (Å²) in [4.78, 5) is 12.1. The van der Waals surface area contributed by atoms with E-state index in [1.807, 2.05) is 12.1 Å². The maximum absolute atomic E-state index is 12.1. The van der Waals surface area contributed by atoms with Crippen LogP contribution in [-0.2, 0) is 0 Å². The second-order valence-electron chi connectivity index (χ2n) is 4.33. The van der Waals surface area contributed by atoms with Gasteiger partial charge >= 0.3 is 0 Å². The van der Waals surface area contributed by atoms with E-state index in [2.05, 4.69) is 0 Å². The molecule has 1 heterocycles. The van der Waals surface area contributed by atoms with Crippen molar-refractivity contribution in [2.24, 2.45) is 0 Å². The molecule has 0 unspecified atom stereocenters. The van der Waals surface area contributed by atoms with Gasteiger partial charge in [0.15, 0.2) is 23.9 Å². The van der Waals surface area contributed by atoms with Crippen molar-refractivity contribution < 1.29 is 18.7 Å². The number of benzene rings is 1. The Bertz CT molecular complexity index is 808. The second kappa shape index (κ2) is 7.48. The SMILES string of the molecule is COc1cc(/C=C(\C#N)C(=O)c2ccco2)ccc1OCC#N. The summed E-state index contributed by atoms with van der Waals surface area (Å²) in [5.74, 6) is 0.402. The largest absolute Gasteiger partial charge is 0.493 e.